The van der Waals surface area contributed by atoms with Crippen molar-refractivity contribution in [1.29, 1.82) is 0 Å². The maximum absolute atomic E-state index is 13.0. The van der Waals surface area contributed by atoms with Crippen molar-refractivity contribution >= 4 is 5.84 Å². The van der Waals surface area contributed by atoms with Gasteiger partial charge in [-0.2, -0.15) is 0 Å². The van der Waals surface area contributed by atoms with E-state index >= 15 is 0 Å². The van der Waals surface area contributed by atoms with E-state index in [0.717, 1.165) is 23.5 Å². The molecular weight excluding hydrogens is 203 g/mol. The summed E-state index contributed by atoms with van der Waals surface area (Å²) in [5.74, 6) is 0.850. The van der Waals surface area contributed by atoms with E-state index in [0.29, 0.717) is 13.0 Å². The first-order valence-electron chi connectivity index (χ1n) is 5.64. The van der Waals surface area contributed by atoms with Gasteiger partial charge < -0.3 is 4.90 Å². The Morgan fingerprint density at radius 3 is 2.25 bits per heavy atom. The molecule has 0 aromatic carbocycles. The average molecular weight is 226 g/mol. The van der Waals surface area contributed by atoms with Crippen LogP contribution in [0.1, 0.15) is 40.5 Å². The summed E-state index contributed by atoms with van der Waals surface area (Å²) in [4.78, 5) is 6.32. The lowest BCUT2D eigenvalue weighted by molar-refractivity contribution is 0.605. The topological polar surface area (TPSA) is 15.6 Å². The molecule has 0 bridgehead atoms. The molecule has 0 heterocycles. The quantitative estimate of drug-likeness (QED) is 0.512. The average Bonchev–Trinajstić information content (AvgIpc) is 2.22. The minimum atomic E-state index is -0.0661. The van der Waals surface area contributed by atoms with E-state index in [9.17, 15) is 4.39 Å². The Hall–Kier alpha value is -1.12. The van der Waals surface area contributed by atoms with Crippen molar-refractivity contribution in [1.82, 2.24) is 4.90 Å². The smallest absolute Gasteiger partial charge is 0.0996 e. The highest BCUT2D eigenvalue weighted by Gasteiger charge is 2.02. The Kier molecular flexibility index (Phi) is 6.70. The van der Waals surface area contributed by atoms with Crippen LogP contribution in [0.25, 0.3) is 0 Å². The van der Waals surface area contributed by atoms with E-state index in [2.05, 4.69) is 11.6 Å². The van der Waals surface area contributed by atoms with E-state index in [1.165, 1.54) is 6.92 Å². The number of hydrogen-bond donors (Lipinski definition) is 0. The molecular formula is C13H23FN2. The molecule has 92 valence electrons. The second-order valence-corrected chi connectivity index (χ2v) is 3.96. The SMILES string of the molecule is C=C(C)N(C)/C(C)=N\CC/C(CC)=C(\C)F. The van der Waals surface area contributed by atoms with Gasteiger partial charge in [0, 0.05) is 19.3 Å². The van der Waals surface area contributed by atoms with Crippen molar-refractivity contribution in [3.8, 4) is 0 Å². The number of halogens is 1. The van der Waals surface area contributed by atoms with Crippen molar-refractivity contribution in [2.45, 2.75) is 40.5 Å². The minimum absolute atomic E-state index is 0.0661. The minimum Gasteiger partial charge on any atom is -0.338 e. The molecule has 3 heteroatoms. The van der Waals surface area contributed by atoms with E-state index < -0.39 is 0 Å². The molecule has 0 radical (unpaired) electrons. The zero-order valence-electron chi connectivity index (χ0n) is 11.1. The van der Waals surface area contributed by atoms with Crippen molar-refractivity contribution in [2.75, 3.05) is 13.6 Å². The fourth-order valence-corrected chi connectivity index (χ4v) is 1.33. The third-order valence-electron chi connectivity index (χ3n) is 2.73. The summed E-state index contributed by atoms with van der Waals surface area (Å²) in [5, 5.41) is 0. The molecule has 0 fully saturated rings. The van der Waals surface area contributed by atoms with Crippen molar-refractivity contribution < 1.29 is 4.39 Å². The van der Waals surface area contributed by atoms with Gasteiger partial charge in [-0.25, -0.2) is 4.39 Å². The van der Waals surface area contributed by atoms with Gasteiger partial charge in [-0.3, -0.25) is 4.99 Å². The summed E-state index contributed by atoms with van der Waals surface area (Å²) in [6.07, 6.45) is 1.45. The normalized spacial score (nSPS) is 13.5. The third kappa shape index (κ3) is 5.10. The zero-order valence-corrected chi connectivity index (χ0v) is 11.1. The number of allylic oxidation sites excluding steroid dienone is 2. The van der Waals surface area contributed by atoms with Gasteiger partial charge in [0.2, 0.25) is 0 Å². The fourth-order valence-electron chi connectivity index (χ4n) is 1.33. The molecule has 0 saturated heterocycles. The molecule has 0 aliphatic heterocycles. The second-order valence-electron chi connectivity index (χ2n) is 3.96. The van der Waals surface area contributed by atoms with Gasteiger partial charge in [0.1, 0.15) is 0 Å². The highest BCUT2D eigenvalue weighted by atomic mass is 19.1. The first-order valence-corrected chi connectivity index (χ1v) is 5.64. The van der Waals surface area contributed by atoms with Crippen LogP contribution in [0.15, 0.2) is 28.7 Å². The Bertz CT molecular complexity index is 299. The first kappa shape index (κ1) is 14.9. The predicted octanol–water partition coefficient (Wildman–Crippen LogP) is 3.91. The second kappa shape index (κ2) is 7.20. The monoisotopic (exact) mass is 226 g/mol. The molecule has 0 atom stereocenters. The summed E-state index contributed by atoms with van der Waals surface area (Å²) in [7, 11) is 1.93. The molecule has 0 N–H and O–H groups in total. The van der Waals surface area contributed by atoms with Crippen LogP contribution in [0.3, 0.4) is 0 Å². The molecule has 0 aliphatic carbocycles. The Morgan fingerprint density at radius 1 is 1.31 bits per heavy atom. The van der Waals surface area contributed by atoms with Crippen LogP contribution >= 0.6 is 0 Å². The summed E-state index contributed by atoms with van der Waals surface area (Å²) in [5.41, 5.74) is 1.81. The van der Waals surface area contributed by atoms with Crippen LogP contribution in [-0.2, 0) is 0 Å². The van der Waals surface area contributed by atoms with Crippen LogP contribution in [0, 0.1) is 0 Å². The molecule has 0 rings (SSSR count). The van der Waals surface area contributed by atoms with Crippen LogP contribution < -0.4 is 0 Å². The van der Waals surface area contributed by atoms with E-state index in [-0.39, 0.29) is 5.83 Å². The van der Waals surface area contributed by atoms with Crippen molar-refractivity contribution in [2.24, 2.45) is 4.99 Å². The van der Waals surface area contributed by atoms with E-state index in [4.69, 9.17) is 0 Å². The maximum Gasteiger partial charge on any atom is 0.0996 e. The number of amidine groups is 1. The highest BCUT2D eigenvalue weighted by molar-refractivity contribution is 5.80. The maximum atomic E-state index is 13.0. The van der Waals surface area contributed by atoms with Gasteiger partial charge in [0.15, 0.2) is 0 Å². The van der Waals surface area contributed by atoms with Crippen LogP contribution in [0.4, 0.5) is 4.39 Å². The van der Waals surface area contributed by atoms with Crippen LogP contribution in [0.5, 0.6) is 0 Å². The van der Waals surface area contributed by atoms with Gasteiger partial charge in [0.05, 0.1) is 11.7 Å². The summed E-state index contributed by atoms with van der Waals surface area (Å²) in [6.45, 7) is 11.8. The molecule has 0 aliphatic rings. The van der Waals surface area contributed by atoms with E-state index in [1.54, 1.807) is 0 Å². The fraction of sp³-hybridized carbons (Fsp3) is 0.615. The van der Waals surface area contributed by atoms with Gasteiger partial charge in [-0.1, -0.05) is 13.5 Å². The molecule has 0 amide bonds. The Labute approximate surface area is 98.6 Å². The predicted molar refractivity (Wildman–Crippen MR) is 69.3 cm³/mol. The lowest BCUT2D eigenvalue weighted by Gasteiger charge is -2.18. The van der Waals surface area contributed by atoms with E-state index in [1.807, 2.05) is 32.7 Å². The standard InChI is InChI=1S/C13H23FN2/c1-7-13(11(4)14)8-9-15-12(5)16(6)10(2)3/h2,7-9H2,1,3-6H3/b13-11+,15-12-. The summed E-state index contributed by atoms with van der Waals surface area (Å²) >= 11 is 0. The van der Waals surface area contributed by atoms with Crippen LogP contribution in [-0.4, -0.2) is 24.3 Å². The van der Waals surface area contributed by atoms with Crippen LogP contribution in [0.2, 0.25) is 0 Å². The molecule has 0 saturated carbocycles. The lowest BCUT2D eigenvalue weighted by atomic mass is 10.1. The number of hydrogen-bond acceptors (Lipinski definition) is 1. The van der Waals surface area contributed by atoms with Gasteiger partial charge >= 0.3 is 0 Å². The first-order chi connectivity index (χ1) is 7.40. The molecule has 0 unspecified atom stereocenters. The largest absolute Gasteiger partial charge is 0.338 e. The highest BCUT2D eigenvalue weighted by Crippen LogP contribution is 2.13. The van der Waals surface area contributed by atoms with Crippen molar-refractivity contribution in [3.05, 3.63) is 23.7 Å². The van der Waals surface area contributed by atoms with Crippen molar-refractivity contribution in [3.63, 3.8) is 0 Å². The third-order valence-corrected chi connectivity index (χ3v) is 2.73. The van der Waals surface area contributed by atoms with Gasteiger partial charge in [-0.15, -0.1) is 0 Å². The summed E-state index contributed by atoms with van der Waals surface area (Å²) in [6, 6.07) is 0. The van der Waals surface area contributed by atoms with Gasteiger partial charge in [-0.05, 0) is 39.2 Å². The molecule has 0 spiro atoms. The lowest BCUT2D eigenvalue weighted by Crippen LogP contribution is -2.21. The number of rotatable bonds is 5. The molecule has 0 aromatic rings. The molecule has 2 nitrogen and oxygen atoms in total. The number of nitrogens with zero attached hydrogens (tertiary/aromatic N) is 2. The molecule has 0 aromatic heterocycles. The Morgan fingerprint density at radius 2 is 1.88 bits per heavy atom. The Balaban J connectivity index is 4.30. The number of aliphatic imine (C=N–C) groups is 1. The summed E-state index contributed by atoms with van der Waals surface area (Å²) < 4.78 is 13.0. The zero-order chi connectivity index (χ0) is 12.7. The molecule has 16 heavy (non-hydrogen) atoms. The van der Waals surface area contributed by atoms with Gasteiger partial charge in [0.25, 0.3) is 0 Å².